The van der Waals surface area contributed by atoms with Crippen molar-refractivity contribution < 1.29 is 19.2 Å². The van der Waals surface area contributed by atoms with E-state index < -0.39 is 5.91 Å². The number of hydrogen-bond donors (Lipinski definition) is 2. The van der Waals surface area contributed by atoms with Crippen molar-refractivity contribution >= 4 is 23.6 Å². The number of amides is 4. The van der Waals surface area contributed by atoms with Gasteiger partial charge in [-0.15, -0.1) is 0 Å². The van der Waals surface area contributed by atoms with Crippen LogP contribution >= 0.6 is 0 Å². The number of nitrogens with zero attached hydrogens (tertiary/aromatic N) is 1. The lowest BCUT2D eigenvalue weighted by Gasteiger charge is -2.14. The first-order valence-electron chi connectivity index (χ1n) is 8.98. The number of fused-ring (bicyclic) bond motifs is 1. The van der Waals surface area contributed by atoms with E-state index in [1.54, 1.807) is 48.5 Å². The van der Waals surface area contributed by atoms with Crippen LogP contribution in [0.2, 0.25) is 0 Å². The van der Waals surface area contributed by atoms with E-state index in [4.69, 9.17) is 0 Å². The number of nitrogens with one attached hydrogen (secondary N) is 2. The summed E-state index contributed by atoms with van der Waals surface area (Å²) in [6, 6.07) is 13.3. The molecule has 28 heavy (non-hydrogen) atoms. The predicted molar refractivity (Wildman–Crippen MR) is 103 cm³/mol. The van der Waals surface area contributed by atoms with E-state index in [1.807, 2.05) is 13.8 Å². The molecule has 1 aliphatic heterocycles. The molecule has 0 bridgehead atoms. The van der Waals surface area contributed by atoms with E-state index in [-0.39, 0.29) is 36.9 Å². The zero-order valence-corrected chi connectivity index (χ0v) is 15.7. The number of imide groups is 1. The highest BCUT2D eigenvalue weighted by Crippen LogP contribution is 2.24. The maximum Gasteiger partial charge on any atom is 0.261 e. The Morgan fingerprint density at radius 2 is 1.61 bits per heavy atom. The van der Waals surface area contributed by atoms with E-state index in [1.165, 1.54) is 0 Å². The topological polar surface area (TPSA) is 95.6 Å². The maximum atomic E-state index is 12.5. The molecule has 0 fully saturated rings. The minimum Gasteiger partial charge on any atom is -0.352 e. The number of carbonyl (C=O) groups is 4. The second-order valence-corrected chi connectivity index (χ2v) is 6.85. The van der Waals surface area contributed by atoms with E-state index in [2.05, 4.69) is 10.6 Å². The van der Waals surface area contributed by atoms with Crippen molar-refractivity contribution in [2.75, 3.05) is 6.54 Å². The highest BCUT2D eigenvalue weighted by molar-refractivity contribution is 6.21. The number of benzene rings is 2. The van der Waals surface area contributed by atoms with Gasteiger partial charge in [-0.2, -0.15) is 0 Å². The molecule has 4 amide bonds. The van der Waals surface area contributed by atoms with Crippen LogP contribution in [0.4, 0.5) is 0 Å². The number of rotatable bonds is 6. The zero-order valence-electron chi connectivity index (χ0n) is 15.7. The summed E-state index contributed by atoms with van der Waals surface area (Å²) in [5.41, 5.74) is 1.77. The van der Waals surface area contributed by atoms with Gasteiger partial charge in [-0.3, -0.25) is 24.1 Å². The normalized spacial score (nSPS) is 12.9. The van der Waals surface area contributed by atoms with Gasteiger partial charge >= 0.3 is 0 Å². The Morgan fingerprint density at radius 1 is 0.964 bits per heavy atom. The van der Waals surface area contributed by atoms with Crippen LogP contribution in [0.15, 0.2) is 48.5 Å². The molecule has 0 aromatic heterocycles. The third-order valence-corrected chi connectivity index (χ3v) is 4.27. The molecule has 144 valence electrons. The maximum absolute atomic E-state index is 12.5. The Balaban J connectivity index is 1.67. The summed E-state index contributed by atoms with van der Waals surface area (Å²) in [4.78, 5) is 50.1. The summed E-state index contributed by atoms with van der Waals surface area (Å²) >= 11 is 0. The highest BCUT2D eigenvalue weighted by Gasteiger charge is 2.34. The van der Waals surface area contributed by atoms with Crippen molar-refractivity contribution in [3.63, 3.8) is 0 Å². The number of hydrogen-bond acceptors (Lipinski definition) is 4. The SMILES string of the molecule is CC(C)NC(=O)CNC(=O)c1cccc(CN2C(=O)c3ccccc3C2=O)c1. The molecule has 0 aliphatic carbocycles. The molecule has 7 heteroatoms. The Kier molecular flexibility index (Phi) is 5.54. The quantitative estimate of drug-likeness (QED) is 0.748. The smallest absolute Gasteiger partial charge is 0.261 e. The first-order chi connectivity index (χ1) is 13.4. The molecular formula is C21H21N3O4. The molecule has 7 nitrogen and oxygen atoms in total. The largest absolute Gasteiger partial charge is 0.352 e. The second kappa shape index (κ2) is 8.04. The standard InChI is InChI=1S/C21H21N3O4/c1-13(2)23-18(25)11-22-19(26)15-7-5-6-14(10-15)12-24-20(27)16-8-3-4-9-17(16)21(24)28/h3-10,13H,11-12H2,1-2H3,(H,22,26)(H,23,25). The van der Waals surface area contributed by atoms with Crippen LogP contribution < -0.4 is 10.6 Å². The number of carbonyl (C=O) groups excluding carboxylic acids is 4. The molecule has 2 aromatic rings. The Bertz CT molecular complexity index is 917. The fraction of sp³-hybridized carbons (Fsp3) is 0.238. The van der Waals surface area contributed by atoms with Crippen LogP contribution in [-0.4, -0.2) is 41.1 Å². The van der Waals surface area contributed by atoms with Gasteiger partial charge in [0, 0.05) is 11.6 Å². The van der Waals surface area contributed by atoms with Gasteiger partial charge in [0.25, 0.3) is 17.7 Å². The van der Waals surface area contributed by atoms with Crippen molar-refractivity contribution in [1.29, 1.82) is 0 Å². The summed E-state index contributed by atoms with van der Waals surface area (Å²) in [6.45, 7) is 3.62. The second-order valence-electron chi connectivity index (χ2n) is 6.85. The van der Waals surface area contributed by atoms with Crippen molar-refractivity contribution in [2.24, 2.45) is 0 Å². The Morgan fingerprint density at radius 3 is 2.21 bits per heavy atom. The fourth-order valence-corrected chi connectivity index (χ4v) is 3.01. The molecule has 0 radical (unpaired) electrons. The molecule has 0 unspecified atom stereocenters. The monoisotopic (exact) mass is 379 g/mol. The zero-order chi connectivity index (χ0) is 20.3. The molecule has 0 atom stereocenters. The average molecular weight is 379 g/mol. The van der Waals surface area contributed by atoms with Crippen LogP contribution in [0.1, 0.15) is 50.5 Å². The van der Waals surface area contributed by atoms with Gasteiger partial charge < -0.3 is 10.6 Å². The van der Waals surface area contributed by atoms with Gasteiger partial charge in [0.1, 0.15) is 0 Å². The summed E-state index contributed by atoms with van der Waals surface area (Å²) in [7, 11) is 0. The lowest BCUT2D eigenvalue weighted by Crippen LogP contribution is -2.39. The van der Waals surface area contributed by atoms with E-state index in [0.717, 1.165) is 4.90 Å². The average Bonchev–Trinajstić information content (AvgIpc) is 2.91. The fourth-order valence-electron chi connectivity index (χ4n) is 3.01. The third-order valence-electron chi connectivity index (χ3n) is 4.27. The van der Waals surface area contributed by atoms with E-state index in [0.29, 0.717) is 22.3 Å². The summed E-state index contributed by atoms with van der Waals surface area (Å²) in [5, 5.41) is 5.25. The minimum absolute atomic E-state index is 0.00705. The van der Waals surface area contributed by atoms with E-state index in [9.17, 15) is 19.2 Å². The van der Waals surface area contributed by atoms with Gasteiger partial charge in [0.05, 0.1) is 24.2 Å². The molecule has 3 rings (SSSR count). The van der Waals surface area contributed by atoms with Crippen LogP contribution in [-0.2, 0) is 11.3 Å². The molecular weight excluding hydrogens is 358 g/mol. The van der Waals surface area contributed by atoms with Gasteiger partial charge in [-0.25, -0.2) is 0 Å². The van der Waals surface area contributed by atoms with Crippen LogP contribution in [0, 0.1) is 0 Å². The van der Waals surface area contributed by atoms with Crippen molar-refractivity contribution in [2.45, 2.75) is 26.4 Å². The molecule has 2 N–H and O–H groups in total. The molecule has 0 spiro atoms. The van der Waals surface area contributed by atoms with E-state index >= 15 is 0 Å². The molecule has 0 saturated heterocycles. The molecule has 1 aliphatic rings. The summed E-state index contributed by atoms with van der Waals surface area (Å²) < 4.78 is 0. The van der Waals surface area contributed by atoms with Crippen molar-refractivity contribution in [1.82, 2.24) is 15.5 Å². The summed E-state index contributed by atoms with van der Waals surface area (Å²) in [5.74, 6) is -1.37. The summed E-state index contributed by atoms with van der Waals surface area (Å²) in [6.07, 6.45) is 0. The van der Waals surface area contributed by atoms with Gasteiger partial charge in [0.15, 0.2) is 0 Å². The van der Waals surface area contributed by atoms with Crippen LogP contribution in [0.3, 0.4) is 0 Å². The van der Waals surface area contributed by atoms with Crippen molar-refractivity contribution in [3.05, 3.63) is 70.8 Å². The lowest BCUT2D eigenvalue weighted by atomic mass is 10.1. The first-order valence-corrected chi connectivity index (χ1v) is 8.98. The van der Waals surface area contributed by atoms with Gasteiger partial charge in [-0.05, 0) is 43.7 Å². The highest BCUT2D eigenvalue weighted by atomic mass is 16.2. The third kappa shape index (κ3) is 4.09. The Hall–Kier alpha value is -3.48. The lowest BCUT2D eigenvalue weighted by molar-refractivity contribution is -0.120. The Labute approximate surface area is 162 Å². The predicted octanol–water partition coefficient (Wildman–Crippen LogP) is 1.74. The van der Waals surface area contributed by atoms with Crippen LogP contribution in [0.25, 0.3) is 0 Å². The van der Waals surface area contributed by atoms with Crippen LogP contribution in [0.5, 0.6) is 0 Å². The van der Waals surface area contributed by atoms with Crippen molar-refractivity contribution in [3.8, 4) is 0 Å². The first kappa shape index (κ1) is 19.3. The molecule has 1 heterocycles. The molecule has 2 aromatic carbocycles. The van der Waals surface area contributed by atoms with Gasteiger partial charge in [0.2, 0.25) is 5.91 Å². The van der Waals surface area contributed by atoms with Gasteiger partial charge in [-0.1, -0.05) is 24.3 Å². The minimum atomic E-state index is -0.400. The molecule has 0 saturated carbocycles.